The number of thiazole rings is 1. The van der Waals surface area contributed by atoms with Crippen molar-refractivity contribution in [3.63, 3.8) is 0 Å². The fraction of sp³-hybridized carbons (Fsp3) is 0.188. The predicted octanol–water partition coefficient (Wildman–Crippen LogP) is 2.81. The summed E-state index contributed by atoms with van der Waals surface area (Å²) in [5.74, 6) is -0.361. The minimum atomic E-state index is -0.361. The summed E-state index contributed by atoms with van der Waals surface area (Å²) in [7, 11) is 0. The first-order valence-corrected chi connectivity index (χ1v) is 8.03. The number of aromatic nitrogens is 3. The topological polar surface area (TPSA) is 83.0 Å². The molecule has 7 heteroatoms. The Kier molecular flexibility index (Phi) is 4.38. The Balaban J connectivity index is 1.72. The zero-order valence-electron chi connectivity index (χ0n) is 12.6. The van der Waals surface area contributed by atoms with Crippen molar-refractivity contribution >= 4 is 23.0 Å². The molecule has 23 heavy (non-hydrogen) atoms. The van der Waals surface area contributed by atoms with Gasteiger partial charge in [-0.05, 0) is 19.1 Å². The molecule has 3 rings (SSSR count). The van der Waals surface area contributed by atoms with Gasteiger partial charge < -0.3 is 10.5 Å². The quantitative estimate of drug-likeness (QED) is 0.575. The molecule has 0 fully saturated rings. The van der Waals surface area contributed by atoms with Gasteiger partial charge >= 0.3 is 5.97 Å². The van der Waals surface area contributed by atoms with Gasteiger partial charge in [0.25, 0.3) is 0 Å². The molecule has 0 spiro atoms. The van der Waals surface area contributed by atoms with Gasteiger partial charge in [0.15, 0.2) is 0 Å². The predicted molar refractivity (Wildman–Crippen MR) is 89.2 cm³/mol. The van der Waals surface area contributed by atoms with E-state index in [0.717, 1.165) is 22.0 Å². The maximum absolute atomic E-state index is 11.6. The molecule has 1 aromatic carbocycles. The van der Waals surface area contributed by atoms with Crippen LogP contribution < -0.4 is 5.73 Å². The molecule has 0 atom stereocenters. The minimum Gasteiger partial charge on any atom is -0.462 e. The molecule has 0 aliphatic rings. The van der Waals surface area contributed by atoms with Crippen molar-refractivity contribution in [3.05, 3.63) is 52.6 Å². The first kappa shape index (κ1) is 15.2. The van der Waals surface area contributed by atoms with E-state index >= 15 is 0 Å². The summed E-state index contributed by atoms with van der Waals surface area (Å²) in [6.07, 6.45) is 3.18. The highest BCUT2D eigenvalue weighted by Crippen LogP contribution is 2.23. The lowest BCUT2D eigenvalue weighted by molar-refractivity contribution is 0.0526. The van der Waals surface area contributed by atoms with Crippen LogP contribution >= 0.6 is 11.3 Å². The molecule has 2 N–H and O–H groups in total. The number of nitrogens with two attached hydrogens (primary N) is 1. The molecule has 0 unspecified atom stereocenters. The zero-order chi connectivity index (χ0) is 16.2. The van der Waals surface area contributed by atoms with Crippen molar-refractivity contribution in [1.29, 1.82) is 0 Å². The van der Waals surface area contributed by atoms with Gasteiger partial charge in [0.1, 0.15) is 5.01 Å². The van der Waals surface area contributed by atoms with Gasteiger partial charge in [-0.25, -0.2) is 9.78 Å². The standard InChI is InChI=1S/C16H16N4O2S/c1-2-22-16(21)12-7-18-20(8-12)9-15-19-14(10-23-15)11-3-5-13(17)6-4-11/h3-8,10H,2,9,17H2,1H3. The first-order valence-electron chi connectivity index (χ1n) is 7.15. The van der Waals surface area contributed by atoms with E-state index in [0.29, 0.717) is 18.7 Å². The van der Waals surface area contributed by atoms with Crippen LogP contribution in [0.5, 0.6) is 0 Å². The minimum absolute atomic E-state index is 0.349. The Bertz CT molecular complexity index is 808. The molecule has 0 aliphatic heterocycles. The van der Waals surface area contributed by atoms with Crippen molar-refractivity contribution in [3.8, 4) is 11.3 Å². The number of hydrogen-bond acceptors (Lipinski definition) is 6. The molecular weight excluding hydrogens is 312 g/mol. The number of ether oxygens (including phenoxy) is 1. The van der Waals surface area contributed by atoms with Crippen LogP contribution in [0.2, 0.25) is 0 Å². The molecule has 0 bridgehead atoms. The van der Waals surface area contributed by atoms with E-state index in [1.807, 2.05) is 29.6 Å². The third-order valence-corrected chi connectivity index (χ3v) is 4.03. The van der Waals surface area contributed by atoms with Gasteiger partial charge in [0, 0.05) is 22.8 Å². The zero-order valence-corrected chi connectivity index (χ0v) is 13.4. The van der Waals surface area contributed by atoms with Crippen molar-refractivity contribution in [2.75, 3.05) is 12.3 Å². The Morgan fingerprint density at radius 3 is 2.87 bits per heavy atom. The van der Waals surface area contributed by atoms with E-state index in [9.17, 15) is 4.79 Å². The van der Waals surface area contributed by atoms with Gasteiger partial charge in [-0.2, -0.15) is 5.10 Å². The highest BCUT2D eigenvalue weighted by atomic mass is 32.1. The third-order valence-electron chi connectivity index (χ3n) is 3.20. The van der Waals surface area contributed by atoms with Crippen molar-refractivity contribution in [2.24, 2.45) is 0 Å². The van der Waals surface area contributed by atoms with Gasteiger partial charge in [-0.1, -0.05) is 12.1 Å². The van der Waals surface area contributed by atoms with E-state index in [2.05, 4.69) is 10.1 Å². The van der Waals surface area contributed by atoms with Crippen LogP contribution in [0.15, 0.2) is 42.0 Å². The number of rotatable bonds is 5. The first-order chi connectivity index (χ1) is 11.2. The number of esters is 1. The van der Waals surface area contributed by atoms with Crippen LogP contribution in [-0.4, -0.2) is 27.3 Å². The van der Waals surface area contributed by atoms with E-state index in [4.69, 9.17) is 10.5 Å². The van der Waals surface area contributed by atoms with Crippen LogP contribution in [0.1, 0.15) is 22.3 Å². The summed E-state index contributed by atoms with van der Waals surface area (Å²) >= 11 is 1.55. The maximum atomic E-state index is 11.6. The van der Waals surface area contributed by atoms with Gasteiger partial charge in [0.2, 0.25) is 0 Å². The summed E-state index contributed by atoms with van der Waals surface area (Å²) in [4.78, 5) is 16.2. The Labute approximate surface area is 137 Å². The number of anilines is 1. The van der Waals surface area contributed by atoms with Gasteiger partial charge in [-0.15, -0.1) is 11.3 Å². The van der Waals surface area contributed by atoms with E-state index in [1.165, 1.54) is 6.20 Å². The Hall–Kier alpha value is -2.67. The van der Waals surface area contributed by atoms with Crippen LogP contribution in [0.4, 0.5) is 5.69 Å². The molecular formula is C16H16N4O2S. The van der Waals surface area contributed by atoms with Crippen molar-refractivity contribution in [1.82, 2.24) is 14.8 Å². The third kappa shape index (κ3) is 3.57. The SMILES string of the molecule is CCOC(=O)c1cnn(Cc2nc(-c3ccc(N)cc3)cs2)c1. The van der Waals surface area contributed by atoms with Crippen molar-refractivity contribution < 1.29 is 9.53 Å². The average molecular weight is 328 g/mol. The average Bonchev–Trinajstić information content (AvgIpc) is 3.18. The number of benzene rings is 1. The monoisotopic (exact) mass is 328 g/mol. The molecule has 0 amide bonds. The smallest absolute Gasteiger partial charge is 0.341 e. The molecule has 118 valence electrons. The Morgan fingerprint density at radius 1 is 1.35 bits per heavy atom. The van der Waals surface area contributed by atoms with Crippen LogP contribution in [0.3, 0.4) is 0 Å². The summed E-state index contributed by atoms with van der Waals surface area (Å²) < 4.78 is 6.63. The lowest BCUT2D eigenvalue weighted by Crippen LogP contribution is -2.04. The fourth-order valence-corrected chi connectivity index (χ4v) is 2.87. The molecule has 0 saturated heterocycles. The molecule has 2 aromatic heterocycles. The summed E-state index contributed by atoms with van der Waals surface area (Å²) in [6.45, 7) is 2.64. The number of hydrogen-bond donors (Lipinski definition) is 1. The van der Waals surface area contributed by atoms with Gasteiger partial charge in [-0.3, -0.25) is 4.68 Å². The lowest BCUT2D eigenvalue weighted by Gasteiger charge is -1.99. The van der Waals surface area contributed by atoms with E-state index in [-0.39, 0.29) is 5.97 Å². The van der Waals surface area contributed by atoms with Crippen LogP contribution in [0, 0.1) is 0 Å². The second kappa shape index (κ2) is 6.62. The number of nitrogens with zero attached hydrogens (tertiary/aromatic N) is 3. The highest BCUT2D eigenvalue weighted by molar-refractivity contribution is 7.09. The Morgan fingerprint density at radius 2 is 2.13 bits per heavy atom. The van der Waals surface area contributed by atoms with Crippen LogP contribution in [0.25, 0.3) is 11.3 Å². The normalized spacial score (nSPS) is 10.7. The number of carbonyl (C=O) groups is 1. The van der Waals surface area contributed by atoms with E-state index in [1.54, 1.807) is 29.1 Å². The molecule has 0 radical (unpaired) electrons. The highest BCUT2D eigenvalue weighted by Gasteiger charge is 2.11. The maximum Gasteiger partial charge on any atom is 0.341 e. The largest absolute Gasteiger partial charge is 0.462 e. The van der Waals surface area contributed by atoms with E-state index < -0.39 is 0 Å². The molecule has 0 saturated carbocycles. The second-order valence-corrected chi connectivity index (χ2v) is 5.84. The molecule has 0 aliphatic carbocycles. The summed E-state index contributed by atoms with van der Waals surface area (Å²) in [5.41, 5.74) is 8.80. The second-order valence-electron chi connectivity index (χ2n) is 4.90. The molecule has 2 heterocycles. The number of carbonyl (C=O) groups excluding carboxylic acids is 1. The van der Waals surface area contributed by atoms with Crippen LogP contribution in [-0.2, 0) is 11.3 Å². The van der Waals surface area contributed by atoms with Crippen molar-refractivity contribution in [2.45, 2.75) is 13.5 Å². The summed E-state index contributed by atoms with van der Waals surface area (Å²) in [6, 6.07) is 7.60. The fourth-order valence-electron chi connectivity index (χ4n) is 2.08. The molecule has 6 nitrogen and oxygen atoms in total. The summed E-state index contributed by atoms with van der Waals surface area (Å²) in [5, 5.41) is 7.08. The molecule has 3 aromatic rings. The lowest BCUT2D eigenvalue weighted by atomic mass is 10.1. The van der Waals surface area contributed by atoms with Gasteiger partial charge in [0.05, 0.1) is 30.6 Å². The number of nitrogen functional groups attached to an aromatic ring is 1.